The average Bonchev–Trinajstić information content (AvgIpc) is 2.14. The SMILES string of the molecule is COCN1C(=O)NC(=O)C1(C)C. The van der Waals surface area contributed by atoms with Crippen LogP contribution in [0.3, 0.4) is 0 Å². The fraction of sp³-hybridized carbons (Fsp3) is 0.714. The van der Waals surface area contributed by atoms with Crippen LogP contribution in [0.15, 0.2) is 0 Å². The molecule has 0 radical (unpaired) electrons. The third-order valence-electron chi connectivity index (χ3n) is 1.95. The van der Waals surface area contributed by atoms with E-state index in [0.29, 0.717) is 0 Å². The summed E-state index contributed by atoms with van der Waals surface area (Å²) in [5.74, 6) is -0.287. The number of ether oxygens (including phenoxy) is 1. The number of urea groups is 1. The molecule has 0 aromatic heterocycles. The van der Waals surface area contributed by atoms with E-state index in [-0.39, 0.29) is 12.6 Å². The van der Waals surface area contributed by atoms with E-state index in [1.807, 2.05) is 0 Å². The number of carbonyl (C=O) groups is 2. The summed E-state index contributed by atoms with van der Waals surface area (Å²) in [6.07, 6.45) is 0. The second-order valence-electron chi connectivity index (χ2n) is 3.16. The molecule has 0 aliphatic carbocycles. The lowest BCUT2D eigenvalue weighted by molar-refractivity contribution is -0.126. The quantitative estimate of drug-likeness (QED) is 0.593. The molecule has 1 N–H and O–H groups in total. The highest BCUT2D eigenvalue weighted by Crippen LogP contribution is 2.19. The summed E-state index contributed by atoms with van der Waals surface area (Å²) < 4.78 is 4.79. The second-order valence-corrected chi connectivity index (χ2v) is 3.16. The van der Waals surface area contributed by atoms with Gasteiger partial charge in [0.2, 0.25) is 0 Å². The molecule has 1 rings (SSSR count). The van der Waals surface area contributed by atoms with Crippen molar-refractivity contribution in [2.24, 2.45) is 0 Å². The molecule has 5 nitrogen and oxygen atoms in total. The molecule has 3 amide bonds. The van der Waals surface area contributed by atoms with Crippen LogP contribution < -0.4 is 5.32 Å². The van der Waals surface area contributed by atoms with Crippen molar-refractivity contribution in [3.8, 4) is 0 Å². The topological polar surface area (TPSA) is 58.6 Å². The molecular weight excluding hydrogens is 160 g/mol. The van der Waals surface area contributed by atoms with Gasteiger partial charge in [0.05, 0.1) is 0 Å². The molecule has 5 heteroatoms. The Balaban J connectivity index is 2.83. The molecule has 1 aliphatic heterocycles. The van der Waals surface area contributed by atoms with Crippen LogP contribution in [-0.2, 0) is 9.53 Å². The third kappa shape index (κ3) is 1.16. The fourth-order valence-electron chi connectivity index (χ4n) is 1.04. The molecule has 12 heavy (non-hydrogen) atoms. The Morgan fingerprint density at radius 1 is 1.50 bits per heavy atom. The van der Waals surface area contributed by atoms with E-state index < -0.39 is 11.6 Å². The summed E-state index contributed by atoms with van der Waals surface area (Å²) in [4.78, 5) is 23.6. The van der Waals surface area contributed by atoms with E-state index in [2.05, 4.69) is 5.32 Å². The smallest absolute Gasteiger partial charge is 0.326 e. The maximum absolute atomic E-state index is 11.2. The van der Waals surface area contributed by atoms with Gasteiger partial charge in [-0.05, 0) is 13.8 Å². The van der Waals surface area contributed by atoms with Crippen molar-refractivity contribution in [2.45, 2.75) is 19.4 Å². The zero-order valence-electron chi connectivity index (χ0n) is 7.38. The molecule has 68 valence electrons. The minimum Gasteiger partial charge on any atom is -0.364 e. The van der Waals surface area contributed by atoms with E-state index in [4.69, 9.17) is 4.74 Å². The van der Waals surface area contributed by atoms with Gasteiger partial charge in [-0.25, -0.2) is 4.79 Å². The van der Waals surface area contributed by atoms with E-state index >= 15 is 0 Å². The van der Waals surface area contributed by atoms with Crippen LogP contribution in [-0.4, -0.2) is 36.2 Å². The number of nitrogens with one attached hydrogen (secondary N) is 1. The molecule has 0 saturated carbocycles. The van der Waals surface area contributed by atoms with Crippen LogP contribution >= 0.6 is 0 Å². The Hall–Kier alpha value is -1.10. The van der Waals surface area contributed by atoms with Crippen molar-refractivity contribution in [3.05, 3.63) is 0 Å². The van der Waals surface area contributed by atoms with Gasteiger partial charge in [0, 0.05) is 7.11 Å². The number of hydrogen-bond acceptors (Lipinski definition) is 3. The number of methoxy groups -OCH3 is 1. The standard InChI is InChI=1S/C7H12N2O3/c1-7(2)5(10)8-6(11)9(7)4-12-3/h4H2,1-3H3,(H,8,10,11). The maximum Gasteiger partial charge on any atom is 0.326 e. The predicted molar refractivity (Wildman–Crippen MR) is 41.3 cm³/mol. The average molecular weight is 172 g/mol. The van der Waals surface area contributed by atoms with E-state index in [1.54, 1.807) is 13.8 Å². The Bertz CT molecular complexity index is 225. The van der Waals surface area contributed by atoms with E-state index in [9.17, 15) is 9.59 Å². The van der Waals surface area contributed by atoms with Gasteiger partial charge in [-0.1, -0.05) is 0 Å². The van der Waals surface area contributed by atoms with Gasteiger partial charge < -0.3 is 4.74 Å². The van der Waals surface area contributed by atoms with Crippen LogP contribution in [0.4, 0.5) is 4.79 Å². The summed E-state index contributed by atoms with van der Waals surface area (Å²) in [6.45, 7) is 3.48. The lowest BCUT2D eigenvalue weighted by atomic mass is 10.1. The van der Waals surface area contributed by atoms with Gasteiger partial charge in [-0.15, -0.1) is 0 Å². The molecule has 0 bridgehead atoms. The molecular formula is C7H12N2O3. The van der Waals surface area contributed by atoms with Crippen molar-refractivity contribution in [1.29, 1.82) is 0 Å². The predicted octanol–water partition coefficient (Wildman–Crippen LogP) is -0.0793. The zero-order valence-corrected chi connectivity index (χ0v) is 7.38. The number of hydrogen-bond donors (Lipinski definition) is 1. The molecule has 1 aliphatic rings. The first-order valence-electron chi connectivity index (χ1n) is 3.62. The molecule has 1 fully saturated rings. The van der Waals surface area contributed by atoms with Gasteiger partial charge in [0.15, 0.2) is 0 Å². The number of carbonyl (C=O) groups excluding carboxylic acids is 2. The van der Waals surface area contributed by atoms with E-state index in [1.165, 1.54) is 12.0 Å². The lowest BCUT2D eigenvalue weighted by Crippen LogP contribution is -2.45. The Morgan fingerprint density at radius 3 is 2.42 bits per heavy atom. The van der Waals surface area contributed by atoms with Gasteiger partial charge in [-0.2, -0.15) is 0 Å². The molecule has 1 saturated heterocycles. The number of nitrogens with zero attached hydrogens (tertiary/aromatic N) is 1. The molecule has 0 spiro atoms. The van der Waals surface area contributed by atoms with Crippen LogP contribution in [0.2, 0.25) is 0 Å². The van der Waals surface area contributed by atoms with Crippen molar-refractivity contribution < 1.29 is 14.3 Å². The van der Waals surface area contributed by atoms with Gasteiger partial charge in [0.1, 0.15) is 12.3 Å². The van der Waals surface area contributed by atoms with Crippen molar-refractivity contribution in [1.82, 2.24) is 10.2 Å². The first-order chi connectivity index (χ1) is 5.50. The largest absolute Gasteiger partial charge is 0.364 e. The third-order valence-corrected chi connectivity index (χ3v) is 1.95. The maximum atomic E-state index is 11.2. The molecule has 0 aromatic carbocycles. The van der Waals surface area contributed by atoms with Gasteiger partial charge >= 0.3 is 6.03 Å². The molecule has 0 atom stereocenters. The van der Waals surface area contributed by atoms with Crippen LogP contribution in [0.25, 0.3) is 0 Å². The normalized spacial score (nSPS) is 21.4. The highest BCUT2D eigenvalue weighted by atomic mass is 16.5. The first-order valence-corrected chi connectivity index (χ1v) is 3.62. The number of amides is 3. The highest BCUT2D eigenvalue weighted by molar-refractivity contribution is 6.06. The minimum absolute atomic E-state index is 0.130. The van der Waals surface area contributed by atoms with Crippen LogP contribution in [0.1, 0.15) is 13.8 Å². The lowest BCUT2D eigenvalue weighted by Gasteiger charge is -2.26. The summed E-state index contributed by atoms with van der Waals surface area (Å²) >= 11 is 0. The highest BCUT2D eigenvalue weighted by Gasteiger charge is 2.45. The Labute approximate surface area is 70.7 Å². The van der Waals surface area contributed by atoms with Crippen LogP contribution in [0.5, 0.6) is 0 Å². The van der Waals surface area contributed by atoms with Crippen LogP contribution in [0, 0.1) is 0 Å². The minimum atomic E-state index is -0.799. The summed E-state index contributed by atoms with van der Waals surface area (Å²) in [7, 11) is 1.48. The van der Waals surface area contributed by atoms with Gasteiger partial charge in [0.25, 0.3) is 5.91 Å². The summed E-state index contributed by atoms with van der Waals surface area (Å²) in [5.41, 5.74) is -0.799. The van der Waals surface area contributed by atoms with Crippen molar-refractivity contribution >= 4 is 11.9 Å². The summed E-state index contributed by atoms with van der Waals surface area (Å²) in [5, 5.41) is 2.21. The monoisotopic (exact) mass is 172 g/mol. The van der Waals surface area contributed by atoms with Crippen molar-refractivity contribution in [2.75, 3.05) is 13.8 Å². The zero-order chi connectivity index (χ0) is 9.35. The molecule has 0 aromatic rings. The Kier molecular flexibility index (Phi) is 2.06. The van der Waals surface area contributed by atoms with Gasteiger partial charge in [-0.3, -0.25) is 15.0 Å². The van der Waals surface area contributed by atoms with Crippen molar-refractivity contribution in [3.63, 3.8) is 0 Å². The number of imide groups is 1. The Morgan fingerprint density at radius 2 is 2.08 bits per heavy atom. The summed E-state index contributed by atoms with van der Waals surface area (Å²) in [6, 6.07) is -0.396. The molecule has 1 heterocycles. The first kappa shape index (κ1) is 8.99. The number of rotatable bonds is 2. The second kappa shape index (κ2) is 2.75. The fourth-order valence-corrected chi connectivity index (χ4v) is 1.04. The molecule has 0 unspecified atom stereocenters. The van der Waals surface area contributed by atoms with E-state index in [0.717, 1.165) is 0 Å².